The third-order valence-corrected chi connectivity index (χ3v) is 5.34. The van der Waals surface area contributed by atoms with Crippen LogP contribution in [0.1, 0.15) is 47.9 Å². The molecular formula is C23H24FN5O. The van der Waals surface area contributed by atoms with Gasteiger partial charge >= 0.3 is 0 Å². The molecule has 7 heteroatoms. The van der Waals surface area contributed by atoms with Gasteiger partial charge in [0.25, 0.3) is 5.91 Å². The normalized spacial score (nSPS) is 14.5. The fraction of sp³-hybridized carbons (Fsp3) is 0.261. The summed E-state index contributed by atoms with van der Waals surface area (Å²) in [6, 6.07) is 13.4. The summed E-state index contributed by atoms with van der Waals surface area (Å²) < 4.78 is 14.9. The Labute approximate surface area is 175 Å². The van der Waals surface area contributed by atoms with E-state index >= 15 is 0 Å². The van der Waals surface area contributed by atoms with Crippen LogP contribution in [0.2, 0.25) is 0 Å². The minimum Gasteiger partial charge on any atom is -0.345 e. The van der Waals surface area contributed by atoms with E-state index < -0.39 is 0 Å². The highest BCUT2D eigenvalue weighted by molar-refractivity contribution is 5.95. The number of carbonyl (C=O) groups is 1. The lowest BCUT2D eigenvalue weighted by Gasteiger charge is -2.16. The molecule has 3 aromatic rings. The lowest BCUT2D eigenvalue weighted by Crippen LogP contribution is -2.27. The van der Waals surface area contributed by atoms with Gasteiger partial charge in [0.2, 0.25) is 0 Å². The number of nitrogens with zero attached hydrogens (tertiary/aromatic N) is 4. The summed E-state index contributed by atoms with van der Waals surface area (Å²) in [5.74, 6) is -0.439. The summed E-state index contributed by atoms with van der Waals surface area (Å²) in [6.07, 6.45) is 2.70. The maximum atomic E-state index is 13.2. The predicted molar refractivity (Wildman–Crippen MR) is 116 cm³/mol. The Kier molecular flexibility index (Phi) is 5.35. The van der Waals surface area contributed by atoms with Crippen LogP contribution in [0.4, 0.5) is 10.1 Å². The summed E-state index contributed by atoms with van der Waals surface area (Å²) >= 11 is 0. The van der Waals surface area contributed by atoms with E-state index in [1.165, 1.54) is 12.1 Å². The first-order valence-corrected chi connectivity index (χ1v) is 9.95. The van der Waals surface area contributed by atoms with Gasteiger partial charge in [-0.1, -0.05) is 0 Å². The zero-order valence-electron chi connectivity index (χ0n) is 17.3. The van der Waals surface area contributed by atoms with Gasteiger partial charge in [0, 0.05) is 35.5 Å². The highest BCUT2D eigenvalue weighted by Crippen LogP contribution is 2.22. The number of benzene rings is 2. The minimum atomic E-state index is -0.290. The quantitative estimate of drug-likeness (QED) is 0.685. The Morgan fingerprint density at radius 2 is 1.73 bits per heavy atom. The Hall–Kier alpha value is -3.48. The zero-order valence-corrected chi connectivity index (χ0v) is 17.3. The van der Waals surface area contributed by atoms with Crippen LogP contribution in [0.3, 0.4) is 0 Å². The SMILES string of the molecule is CC1=NN(c2ccc(C(=O)NC(C)c3cnn(-c4ccc(F)cc4)c3C)cc2)CC1. The maximum Gasteiger partial charge on any atom is 0.251 e. The molecule has 2 heterocycles. The van der Waals surface area contributed by atoms with Crippen molar-refractivity contribution in [3.8, 4) is 5.69 Å². The van der Waals surface area contributed by atoms with Crippen molar-refractivity contribution in [2.75, 3.05) is 11.6 Å². The molecule has 0 spiro atoms. The van der Waals surface area contributed by atoms with Crippen molar-refractivity contribution < 1.29 is 9.18 Å². The van der Waals surface area contributed by atoms with Gasteiger partial charge in [-0.05, 0) is 69.3 Å². The van der Waals surface area contributed by atoms with Crippen molar-refractivity contribution in [2.45, 2.75) is 33.2 Å². The van der Waals surface area contributed by atoms with Crippen LogP contribution in [0.15, 0.2) is 59.8 Å². The number of hydrazone groups is 1. The first kappa shape index (κ1) is 19.8. The Morgan fingerprint density at radius 3 is 2.37 bits per heavy atom. The van der Waals surface area contributed by atoms with Crippen LogP contribution in [0.25, 0.3) is 5.69 Å². The van der Waals surface area contributed by atoms with E-state index in [9.17, 15) is 9.18 Å². The fourth-order valence-electron chi connectivity index (χ4n) is 3.59. The minimum absolute atomic E-state index is 0.149. The molecule has 1 atom stereocenters. The molecule has 1 aliphatic heterocycles. The van der Waals surface area contributed by atoms with Gasteiger partial charge < -0.3 is 5.32 Å². The van der Waals surface area contributed by atoms with E-state index in [4.69, 9.17) is 0 Å². The van der Waals surface area contributed by atoms with Crippen LogP contribution in [0, 0.1) is 12.7 Å². The molecule has 1 amide bonds. The molecule has 2 aromatic carbocycles. The molecule has 0 saturated heterocycles. The van der Waals surface area contributed by atoms with Gasteiger partial charge in [0.1, 0.15) is 5.82 Å². The van der Waals surface area contributed by atoms with Crippen molar-refractivity contribution in [2.24, 2.45) is 5.10 Å². The van der Waals surface area contributed by atoms with E-state index in [1.807, 2.05) is 50.0 Å². The molecule has 1 aromatic heterocycles. The van der Waals surface area contributed by atoms with E-state index in [2.05, 4.69) is 15.5 Å². The van der Waals surface area contributed by atoms with Crippen LogP contribution in [-0.4, -0.2) is 27.9 Å². The van der Waals surface area contributed by atoms with Gasteiger partial charge in [0.15, 0.2) is 0 Å². The van der Waals surface area contributed by atoms with E-state index in [1.54, 1.807) is 23.0 Å². The summed E-state index contributed by atoms with van der Waals surface area (Å²) in [4.78, 5) is 12.7. The molecule has 6 nitrogen and oxygen atoms in total. The largest absolute Gasteiger partial charge is 0.345 e. The van der Waals surface area contributed by atoms with E-state index in [0.29, 0.717) is 5.56 Å². The average Bonchev–Trinajstić information content (AvgIpc) is 3.34. The van der Waals surface area contributed by atoms with Crippen LogP contribution >= 0.6 is 0 Å². The van der Waals surface area contributed by atoms with Gasteiger partial charge in [-0.15, -0.1) is 0 Å². The zero-order chi connectivity index (χ0) is 21.3. The first-order valence-electron chi connectivity index (χ1n) is 9.95. The highest BCUT2D eigenvalue weighted by Gasteiger charge is 2.18. The van der Waals surface area contributed by atoms with Gasteiger partial charge in [-0.3, -0.25) is 9.80 Å². The number of aromatic nitrogens is 2. The molecule has 0 aliphatic carbocycles. The highest BCUT2D eigenvalue weighted by atomic mass is 19.1. The summed E-state index contributed by atoms with van der Waals surface area (Å²) in [5, 5.41) is 13.9. The summed E-state index contributed by atoms with van der Waals surface area (Å²) in [5.41, 5.74) is 5.26. The van der Waals surface area contributed by atoms with Crippen molar-refractivity contribution >= 4 is 17.3 Å². The monoisotopic (exact) mass is 405 g/mol. The lowest BCUT2D eigenvalue weighted by atomic mass is 10.1. The molecule has 154 valence electrons. The predicted octanol–water partition coefficient (Wildman–Crippen LogP) is 4.40. The van der Waals surface area contributed by atoms with Crippen molar-refractivity contribution in [3.05, 3.63) is 77.4 Å². The van der Waals surface area contributed by atoms with E-state index in [-0.39, 0.29) is 17.8 Å². The van der Waals surface area contributed by atoms with Crippen LogP contribution in [0.5, 0.6) is 0 Å². The van der Waals surface area contributed by atoms with Crippen LogP contribution in [-0.2, 0) is 0 Å². The second-order valence-electron chi connectivity index (χ2n) is 7.52. The first-order chi connectivity index (χ1) is 14.4. The number of nitrogens with one attached hydrogen (secondary N) is 1. The third kappa shape index (κ3) is 3.96. The fourth-order valence-corrected chi connectivity index (χ4v) is 3.59. The molecule has 0 bridgehead atoms. The molecular weight excluding hydrogens is 381 g/mol. The number of rotatable bonds is 5. The standard InChI is InChI=1S/C23H24FN5O/c1-15-12-13-28(27-15)20-8-4-18(5-9-20)23(30)26-16(2)22-14-25-29(17(22)3)21-10-6-19(24)7-11-21/h4-11,14,16H,12-13H2,1-3H3,(H,26,30). The second kappa shape index (κ2) is 8.10. The lowest BCUT2D eigenvalue weighted by molar-refractivity contribution is 0.0940. The summed E-state index contributed by atoms with van der Waals surface area (Å²) in [7, 11) is 0. The number of hydrogen-bond donors (Lipinski definition) is 1. The van der Waals surface area contributed by atoms with Crippen molar-refractivity contribution in [3.63, 3.8) is 0 Å². The number of halogens is 1. The second-order valence-corrected chi connectivity index (χ2v) is 7.52. The number of anilines is 1. The third-order valence-electron chi connectivity index (χ3n) is 5.34. The Morgan fingerprint density at radius 1 is 1.07 bits per heavy atom. The van der Waals surface area contributed by atoms with Gasteiger partial charge in [-0.2, -0.15) is 10.2 Å². The maximum absolute atomic E-state index is 13.2. The van der Waals surface area contributed by atoms with Crippen molar-refractivity contribution in [1.29, 1.82) is 0 Å². The Bertz CT molecular complexity index is 1090. The molecule has 1 unspecified atom stereocenters. The smallest absolute Gasteiger partial charge is 0.251 e. The van der Waals surface area contributed by atoms with Crippen molar-refractivity contribution in [1.82, 2.24) is 15.1 Å². The molecule has 0 saturated carbocycles. The number of amides is 1. The molecule has 30 heavy (non-hydrogen) atoms. The molecule has 1 N–H and O–H groups in total. The molecule has 0 radical (unpaired) electrons. The Balaban J connectivity index is 1.45. The van der Waals surface area contributed by atoms with Crippen LogP contribution < -0.4 is 10.3 Å². The average molecular weight is 405 g/mol. The van der Waals surface area contributed by atoms with E-state index in [0.717, 1.165) is 41.3 Å². The molecule has 0 fully saturated rings. The summed E-state index contributed by atoms with van der Waals surface area (Å²) in [6.45, 7) is 6.74. The topological polar surface area (TPSA) is 62.5 Å². The van der Waals surface area contributed by atoms with Gasteiger partial charge in [-0.25, -0.2) is 9.07 Å². The number of hydrogen-bond acceptors (Lipinski definition) is 4. The van der Waals surface area contributed by atoms with Gasteiger partial charge in [0.05, 0.1) is 23.6 Å². The molecule has 1 aliphatic rings. The molecule has 4 rings (SSSR count). The number of carbonyl (C=O) groups excluding carboxylic acids is 1.